The Morgan fingerprint density at radius 1 is 0.440 bits per heavy atom. The number of para-hydroxylation sites is 2. The van der Waals surface area contributed by atoms with E-state index in [9.17, 15) is 0 Å². The average molecular weight is 677 g/mol. The second-order valence-corrected chi connectivity index (χ2v) is 16.3. The highest BCUT2D eigenvalue weighted by molar-refractivity contribution is 7.22. The molecule has 0 unspecified atom stereocenters. The lowest BCUT2D eigenvalue weighted by atomic mass is 9.81. The third-order valence-corrected chi connectivity index (χ3v) is 12.2. The second kappa shape index (κ2) is 11.0. The van der Waals surface area contributed by atoms with Gasteiger partial charge in [-0.3, -0.25) is 0 Å². The molecule has 0 N–H and O–H groups in total. The number of nitrogens with zero attached hydrogens (tertiary/aromatic N) is 2. The van der Waals surface area contributed by atoms with Gasteiger partial charge < -0.3 is 0 Å². The van der Waals surface area contributed by atoms with Crippen LogP contribution in [0.25, 0.3) is 96.1 Å². The van der Waals surface area contributed by atoms with Crippen LogP contribution in [-0.4, -0.2) is 9.97 Å². The van der Waals surface area contributed by atoms with Crippen LogP contribution in [0.15, 0.2) is 140 Å². The third kappa shape index (κ3) is 4.74. The van der Waals surface area contributed by atoms with Crippen LogP contribution in [0.3, 0.4) is 0 Å². The van der Waals surface area contributed by atoms with Crippen molar-refractivity contribution < 1.29 is 0 Å². The Morgan fingerprint density at radius 2 is 0.880 bits per heavy atom. The Labute approximate surface area is 298 Å². The van der Waals surface area contributed by atoms with Crippen LogP contribution in [0.2, 0.25) is 0 Å². The van der Waals surface area contributed by atoms with Gasteiger partial charge in [-0.1, -0.05) is 130 Å². The van der Waals surface area contributed by atoms with Crippen LogP contribution in [-0.2, 0) is 5.41 Å². The minimum Gasteiger partial charge on any atom is -0.236 e. The summed E-state index contributed by atoms with van der Waals surface area (Å²) >= 11 is 3.50. The highest BCUT2D eigenvalue weighted by Gasteiger charge is 2.20. The molecule has 0 fully saturated rings. The van der Waals surface area contributed by atoms with Crippen molar-refractivity contribution in [1.82, 2.24) is 9.97 Å². The predicted molar refractivity (Wildman–Crippen MR) is 217 cm³/mol. The van der Waals surface area contributed by atoms with Crippen molar-refractivity contribution in [3.8, 4) is 43.4 Å². The molecule has 0 aliphatic heterocycles. The van der Waals surface area contributed by atoms with E-state index in [0.717, 1.165) is 32.2 Å². The summed E-state index contributed by atoms with van der Waals surface area (Å²) in [6, 6.07) is 51.3. The first-order valence-electron chi connectivity index (χ1n) is 17.1. The molecule has 0 bridgehead atoms. The van der Waals surface area contributed by atoms with Gasteiger partial charge in [0.05, 0.1) is 20.4 Å². The summed E-state index contributed by atoms with van der Waals surface area (Å²) in [6.07, 6.45) is 0. The lowest BCUT2D eigenvalue weighted by Gasteiger charge is -2.23. The fraction of sp³-hybridized carbons (Fsp3) is 0.0870. The highest BCUT2D eigenvalue weighted by Crippen LogP contribution is 2.46. The highest BCUT2D eigenvalue weighted by atomic mass is 32.1. The molecule has 8 aromatic carbocycles. The predicted octanol–water partition coefficient (Wildman–Crippen LogP) is 13.8. The number of rotatable bonds is 4. The van der Waals surface area contributed by atoms with E-state index in [1.54, 1.807) is 22.7 Å². The van der Waals surface area contributed by atoms with E-state index >= 15 is 0 Å². The molecule has 0 aliphatic rings. The number of hydrogen-bond donors (Lipinski definition) is 0. The zero-order chi connectivity index (χ0) is 33.6. The number of hydrogen-bond acceptors (Lipinski definition) is 4. The molecule has 2 nitrogen and oxygen atoms in total. The van der Waals surface area contributed by atoms with Crippen molar-refractivity contribution in [2.45, 2.75) is 26.2 Å². The maximum absolute atomic E-state index is 4.92. The molecule has 4 heteroatoms. The molecule has 2 aromatic heterocycles. The normalized spacial score (nSPS) is 12.3. The van der Waals surface area contributed by atoms with E-state index in [0.29, 0.717) is 0 Å². The Bertz CT molecular complexity index is 2640. The minimum atomic E-state index is 0.0663. The van der Waals surface area contributed by atoms with Crippen molar-refractivity contribution in [3.05, 3.63) is 145 Å². The van der Waals surface area contributed by atoms with Crippen molar-refractivity contribution >= 4 is 75.4 Å². The van der Waals surface area contributed by atoms with Crippen LogP contribution in [0, 0.1) is 0 Å². The number of benzene rings is 8. The SMILES string of the molecule is CC(C)(C)c1cc2ccc3c(-c4ccc(-c5nc6ccccc6s5)cc4)cc(-c4ccc(-c5nc6ccccc6s5)cc4)c4ccc(c1)c2c34. The number of aromatic nitrogens is 2. The molecule has 0 saturated heterocycles. The Kier molecular flexibility index (Phi) is 6.51. The molecule has 10 aromatic rings. The van der Waals surface area contributed by atoms with Gasteiger partial charge in [0.1, 0.15) is 10.0 Å². The molecule has 0 spiro atoms. The van der Waals surface area contributed by atoms with Gasteiger partial charge in [-0.2, -0.15) is 0 Å². The summed E-state index contributed by atoms with van der Waals surface area (Å²) < 4.78 is 2.43. The first-order valence-corrected chi connectivity index (χ1v) is 18.7. The Balaban J connectivity index is 1.16. The van der Waals surface area contributed by atoms with Gasteiger partial charge in [0.25, 0.3) is 0 Å². The van der Waals surface area contributed by atoms with Crippen LogP contribution in [0.1, 0.15) is 26.3 Å². The molecule has 0 amide bonds. The van der Waals surface area contributed by atoms with E-state index in [2.05, 4.69) is 160 Å². The molecule has 2 heterocycles. The first-order chi connectivity index (χ1) is 24.4. The molecule has 0 saturated carbocycles. The third-order valence-electron chi connectivity index (χ3n) is 10.1. The van der Waals surface area contributed by atoms with Crippen LogP contribution in [0.5, 0.6) is 0 Å². The quantitative estimate of drug-likeness (QED) is 0.173. The van der Waals surface area contributed by atoms with Crippen molar-refractivity contribution in [1.29, 1.82) is 0 Å². The molecular weight excluding hydrogens is 645 g/mol. The monoisotopic (exact) mass is 676 g/mol. The standard InChI is InChI=1S/C46H32N2S2/c1-46(2,3)33-24-31-20-22-34-36(27-12-16-29(17-13-27)44-47-38-8-4-6-10-40(38)49-44)26-37(35-23-21-32(25-33)42(31)43(34)35)28-14-18-30(19-15-28)45-48-39-9-5-7-11-41(39)50-45/h4-26H,1-3H3. The van der Waals surface area contributed by atoms with Gasteiger partial charge in [-0.15, -0.1) is 22.7 Å². The van der Waals surface area contributed by atoms with Crippen molar-refractivity contribution in [2.75, 3.05) is 0 Å². The fourth-order valence-electron chi connectivity index (χ4n) is 7.40. The van der Waals surface area contributed by atoms with Crippen LogP contribution >= 0.6 is 22.7 Å². The summed E-state index contributed by atoms with van der Waals surface area (Å²) in [6.45, 7) is 6.89. The van der Waals surface area contributed by atoms with Crippen LogP contribution < -0.4 is 0 Å². The zero-order valence-electron chi connectivity index (χ0n) is 28.0. The van der Waals surface area contributed by atoms with E-state index in [-0.39, 0.29) is 5.41 Å². The van der Waals surface area contributed by atoms with Crippen LogP contribution in [0.4, 0.5) is 0 Å². The zero-order valence-corrected chi connectivity index (χ0v) is 29.6. The van der Waals surface area contributed by atoms with E-state index in [4.69, 9.17) is 9.97 Å². The van der Waals surface area contributed by atoms with Gasteiger partial charge in [0, 0.05) is 11.1 Å². The maximum atomic E-state index is 4.92. The summed E-state index contributed by atoms with van der Waals surface area (Å²) in [7, 11) is 0. The number of thiazole rings is 2. The molecule has 50 heavy (non-hydrogen) atoms. The Hall–Kier alpha value is -5.42. The second-order valence-electron chi connectivity index (χ2n) is 14.2. The molecule has 0 aliphatic carbocycles. The maximum Gasteiger partial charge on any atom is 0.124 e. The van der Waals surface area contributed by atoms with Crippen molar-refractivity contribution in [2.24, 2.45) is 0 Å². The summed E-state index contributed by atoms with van der Waals surface area (Å²) in [5, 5.41) is 9.94. The van der Waals surface area contributed by atoms with Gasteiger partial charge in [-0.05, 0) is 95.9 Å². The lowest BCUT2D eigenvalue weighted by Crippen LogP contribution is -2.10. The Morgan fingerprint density at radius 3 is 1.32 bits per heavy atom. The largest absolute Gasteiger partial charge is 0.236 e. The molecule has 0 atom stereocenters. The van der Waals surface area contributed by atoms with Crippen molar-refractivity contribution in [3.63, 3.8) is 0 Å². The molecule has 0 radical (unpaired) electrons. The van der Waals surface area contributed by atoms with Gasteiger partial charge in [0.2, 0.25) is 0 Å². The van der Waals surface area contributed by atoms with E-state index in [1.165, 1.54) is 69.5 Å². The summed E-state index contributed by atoms with van der Waals surface area (Å²) in [4.78, 5) is 9.85. The van der Waals surface area contributed by atoms with E-state index < -0.39 is 0 Å². The molecular formula is C46H32N2S2. The summed E-state index contributed by atoms with van der Waals surface area (Å²) in [5.74, 6) is 0. The topological polar surface area (TPSA) is 25.8 Å². The van der Waals surface area contributed by atoms with Gasteiger partial charge >= 0.3 is 0 Å². The van der Waals surface area contributed by atoms with Gasteiger partial charge in [0.15, 0.2) is 0 Å². The fourth-order valence-corrected chi connectivity index (χ4v) is 9.34. The molecule has 238 valence electrons. The first kappa shape index (κ1) is 29.5. The number of fused-ring (bicyclic) bond motifs is 2. The molecule has 10 rings (SSSR count). The minimum absolute atomic E-state index is 0.0663. The van der Waals surface area contributed by atoms with Gasteiger partial charge in [-0.25, -0.2) is 9.97 Å². The smallest absolute Gasteiger partial charge is 0.124 e. The lowest BCUT2D eigenvalue weighted by molar-refractivity contribution is 0.591. The average Bonchev–Trinajstić information content (AvgIpc) is 3.78. The summed E-state index contributed by atoms with van der Waals surface area (Å²) in [5.41, 5.74) is 10.7. The van der Waals surface area contributed by atoms with E-state index in [1.807, 2.05) is 0 Å².